The fourth-order valence-electron chi connectivity index (χ4n) is 2.47. The molecule has 0 spiro atoms. The average Bonchev–Trinajstić information content (AvgIpc) is 2.56. The second kappa shape index (κ2) is 6.22. The molecule has 3 heteroatoms. The van der Waals surface area contributed by atoms with Crippen molar-refractivity contribution in [2.24, 2.45) is 0 Å². The van der Waals surface area contributed by atoms with Crippen LogP contribution in [0.4, 0.5) is 0 Å². The van der Waals surface area contributed by atoms with E-state index in [1.165, 1.54) is 6.08 Å². The summed E-state index contributed by atoms with van der Waals surface area (Å²) in [7, 11) is 0. The smallest absolute Gasteiger partial charge is 0.258 e. The van der Waals surface area contributed by atoms with Crippen molar-refractivity contribution in [2.75, 3.05) is 0 Å². The van der Waals surface area contributed by atoms with Crippen molar-refractivity contribution in [3.63, 3.8) is 0 Å². The van der Waals surface area contributed by atoms with Gasteiger partial charge in [-0.05, 0) is 40.8 Å². The summed E-state index contributed by atoms with van der Waals surface area (Å²) in [6, 6.07) is 17.4. The average molecular weight is 289 g/mol. The van der Waals surface area contributed by atoms with Gasteiger partial charge in [0, 0.05) is 11.6 Å². The van der Waals surface area contributed by atoms with E-state index in [4.69, 9.17) is 0 Å². The van der Waals surface area contributed by atoms with Gasteiger partial charge in [-0.1, -0.05) is 42.5 Å². The van der Waals surface area contributed by atoms with Crippen LogP contribution in [0.2, 0.25) is 0 Å². The van der Waals surface area contributed by atoms with Gasteiger partial charge < -0.3 is 4.57 Å². The molecule has 3 rings (SSSR count). The zero-order valence-corrected chi connectivity index (χ0v) is 12.0. The minimum atomic E-state index is -0.00716. The van der Waals surface area contributed by atoms with Gasteiger partial charge in [0.1, 0.15) is 6.29 Å². The van der Waals surface area contributed by atoms with Crippen LogP contribution in [0.15, 0.2) is 71.7 Å². The van der Waals surface area contributed by atoms with E-state index in [1.807, 2.05) is 60.8 Å². The lowest BCUT2D eigenvalue weighted by Crippen LogP contribution is -2.19. The Kier molecular flexibility index (Phi) is 3.97. The zero-order valence-electron chi connectivity index (χ0n) is 12.0. The van der Waals surface area contributed by atoms with Crippen molar-refractivity contribution < 1.29 is 4.79 Å². The highest BCUT2D eigenvalue weighted by atomic mass is 16.1. The molecule has 0 atom stereocenters. The van der Waals surface area contributed by atoms with Gasteiger partial charge in [-0.25, -0.2) is 0 Å². The fraction of sp³-hybridized carbons (Fsp3) is 0.0526. The predicted molar refractivity (Wildman–Crippen MR) is 88.9 cm³/mol. The number of carbonyl (C=O) groups excluding carboxylic acids is 1. The van der Waals surface area contributed by atoms with Crippen LogP contribution in [-0.2, 0) is 11.3 Å². The van der Waals surface area contributed by atoms with Crippen LogP contribution in [-0.4, -0.2) is 10.9 Å². The third-order valence-electron chi connectivity index (χ3n) is 3.56. The van der Waals surface area contributed by atoms with E-state index in [0.717, 1.165) is 22.8 Å². The maximum atomic E-state index is 12.5. The van der Waals surface area contributed by atoms with E-state index >= 15 is 0 Å². The van der Waals surface area contributed by atoms with Crippen molar-refractivity contribution in [3.05, 3.63) is 88.4 Å². The molecule has 0 aliphatic heterocycles. The Hall–Kier alpha value is -2.94. The van der Waals surface area contributed by atoms with Crippen LogP contribution in [0, 0.1) is 0 Å². The van der Waals surface area contributed by atoms with Crippen LogP contribution in [0.1, 0.15) is 11.1 Å². The number of nitrogens with zero attached hydrogens (tertiary/aromatic N) is 1. The first-order valence-corrected chi connectivity index (χ1v) is 7.07. The number of aldehydes is 1. The minimum Gasteiger partial charge on any atom is -0.311 e. The predicted octanol–water partition coefficient (Wildman–Crippen LogP) is 3.26. The third-order valence-corrected chi connectivity index (χ3v) is 3.56. The number of pyridine rings is 1. The number of benzene rings is 2. The summed E-state index contributed by atoms with van der Waals surface area (Å²) < 4.78 is 1.71. The SMILES string of the molecule is O=C/C=C/c1ccc2c(=O)n(Cc3ccccc3)ccc2c1. The van der Waals surface area contributed by atoms with E-state index < -0.39 is 0 Å². The van der Waals surface area contributed by atoms with Gasteiger partial charge in [-0.15, -0.1) is 0 Å². The molecule has 0 amide bonds. The van der Waals surface area contributed by atoms with E-state index in [2.05, 4.69) is 0 Å². The molecule has 2 aromatic carbocycles. The molecular weight excluding hydrogens is 274 g/mol. The Morgan fingerprint density at radius 2 is 1.82 bits per heavy atom. The molecule has 0 saturated heterocycles. The van der Waals surface area contributed by atoms with Crippen LogP contribution >= 0.6 is 0 Å². The lowest BCUT2D eigenvalue weighted by atomic mass is 10.1. The normalized spacial score (nSPS) is 11.1. The van der Waals surface area contributed by atoms with Crippen molar-refractivity contribution in [2.45, 2.75) is 6.54 Å². The summed E-state index contributed by atoms with van der Waals surface area (Å²) in [6.45, 7) is 0.558. The van der Waals surface area contributed by atoms with Gasteiger partial charge >= 0.3 is 0 Å². The molecule has 0 aliphatic rings. The van der Waals surface area contributed by atoms with Gasteiger partial charge in [0.25, 0.3) is 5.56 Å². The van der Waals surface area contributed by atoms with Crippen LogP contribution < -0.4 is 5.56 Å². The zero-order chi connectivity index (χ0) is 15.4. The molecule has 0 saturated carbocycles. The van der Waals surface area contributed by atoms with Crippen LogP contribution in [0.25, 0.3) is 16.8 Å². The third kappa shape index (κ3) is 2.88. The monoisotopic (exact) mass is 289 g/mol. The van der Waals surface area contributed by atoms with Crippen molar-refractivity contribution in [1.29, 1.82) is 0 Å². The summed E-state index contributed by atoms with van der Waals surface area (Å²) in [5, 5.41) is 1.56. The number of fused-ring (bicyclic) bond motifs is 1. The molecule has 0 radical (unpaired) electrons. The molecule has 3 aromatic rings. The molecule has 1 heterocycles. The van der Waals surface area contributed by atoms with Gasteiger partial charge in [0.15, 0.2) is 0 Å². The fourth-order valence-corrected chi connectivity index (χ4v) is 2.47. The summed E-state index contributed by atoms with van der Waals surface area (Å²) in [5.74, 6) is 0. The summed E-state index contributed by atoms with van der Waals surface area (Å²) in [6.07, 6.45) is 5.71. The Morgan fingerprint density at radius 3 is 2.59 bits per heavy atom. The molecule has 0 bridgehead atoms. The summed E-state index contributed by atoms with van der Waals surface area (Å²) in [5.41, 5.74) is 1.99. The second-order valence-corrected chi connectivity index (χ2v) is 5.08. The highest BCUT2D eigenvalue weighted by molar-refractivity contribution is 5.85. The quantitative estimate of drug-likeness (QED) is 0.546. The van der Waals surface area contributed by atoms with Gasteiger partial charge in [0.2, 0.25) is 0 Å². The van der Waals surface area contributed by atoms with E-state index in [1.54, 1.807) is 10.6 Å². The largest absolute Gasteiger partial charge is 0.311 e. The molecule has 0 N–H and O–H groups in total. The highest BCUT2D eigenvalue weighted by Gasteiger charge is 2.03. The number of hydrogen-bond donors (Lipinski definition) is 0. The van der Waals surface area contributed by atoms with E-state index in [0.29, 0.717) is 11.9 Å². The lowest BCUT2D eigenvalue weighted by Gasteiger charge is -2.08. The van der Waals surface area contributed by atoms with Crippen LogP contribution in [0.3, 0.4) is 0 Å². The van der Waals surface area contributed by atoms with Crippen molar-refractivity contribution >= 4 is 23.1 Å². The maximum Gasteiger partial charge on any atom is 0.258 e. The first kappa shape index (κ1) is 14.0. The van der Waals surface area contributed by atoms with E-state index in [-0.39, 0.29) is 5.56 Å². The number of aromatic nitrogens is 1. The first-order chi connectivity index (χ1) is 10.8. The number of carbonyl (C=O) groups is 1. The number of rotatable bonds is 4. The standard InChI is InChI=1S/C19H15NO2/c21-12-4-7-15-8-9-18-17(13-15)10-11-20(19(18)22)14-16-5-2-1-3-6-16/h1-13H,14H2/b7-4+. The van der Waals surface area contributed by atoms with Crippen molar-refractivity contribution in [1.82, 2.24) is 4.57 Å². The Bertz CT molecular complexity index is 892. The van der Waals surface area contributed by atoms with Crippen LogP contribution in [0.5, 0.6) is 0 Å². The van der Waals surface area contributed by atoms with Gasteiger partial charge in [-0.2, -0.15) is 0 Å². The minimum absolute atomic E-state index is 0.00716. The molecule has 0 aliphatic carbocycles. The molecule has 22 heavy (non-hydrogen) atoms. The lowest BCUT2D eigenvalue weighted by molar-refractivity contribution is -0.104. The first-order valence-electron chi connectivity index (χ1n) is 7.07. The Morgan fingerprint density at radius 1 is 1.00 bits per heavy atom. The Labute approximate surface area is 128 Å². The summed E-state index contributed by atoms with van der Waals surface area (Å²) >= 11 is 0. The number of hydrogen-bond acceptors (Lipinski definition) is 2. The molecular formula is C19H15NO2. The molecule has 0 unspecified atom stereocenters. The maximum absolute atomic E-state index is 12.5. The number of allylic oxidation sites excluding steroid dienone is 1. The Balaban J connectivity index is 2.01. The van der Waals surface area contributed by atoms with Gasteiger partial charge in [0.05, 0.1) is 6.54 Å². The molecule has 1 aromatic heterocycles. The second-order valence-electron chi connectivity index (χ2n) is 5.08. The highest BCUT2D eigenvalue weighted by Crippen LogP contribution is 2.14. The topological polar surface area (TPSA) is 39.1 Å². The summed E-state index contributed by atoms with van der Waals surface area (Å²) in [4.78, 5) is 22.9. The molecule has 0 fully saturated rings. The van der Waals surface area contributed by atoms with Crippen molar-refractivity contribution in [3.8, 4) is 0 Å². The molecule has 3 nitrogen and oxygen atoms in total. The van der Waals surface area contributed by atoms with Gasteiger partial charge in [-0.3, -0.25) is 9.59 Å². The molecule has 108 valence electrons. The van der Waals surface area contributed by atoms with E-state index in [9.17, 15) is 9.59 Å².